The Morgan fingerprint density at radius 3 is 2.59 bits per heavy atom. The fraction of sp³-hybridized carbons (Fsp3) is 0.417. The Morgan fingerprint density at radius 2 is 2.06 bits per heavy atom. The van der Waals surface area contributed by atoms with Crippen LogP contribution in [-0.4, -0.2) is 74.1 Å². The van der Waals surface area contributed by atoms with Gasteiger partial charge in [-0.05, 0) is 36.0 Å². The van der Waals surface area contributed by atoms with Crippen LogP contribution >= 0.6 is 15.9 Å². The summed E-state index contributed by atoms with van der Waals surface area (Å²) in [5, 5.41) is 10.1. The standard InChI is InChI=1S/C12H14BrNO2.K.H/c1-8(15)14(16)7-10-6-12(10)9-2-4-11(13)5-3-9;;/h2-5,10,12,16H,6-7H2,1H3;;/t10-,12-;;/m0../s1. The molecule has 3 nitrogen and oxygen atoms in total. The normalized spacial score (nSPS) is 21.6. The van der Waals surface area contributed by atoms with Crippen molar-refractivity contribution in [2.24, 2.45) is 5.92 Å². The van der Waals surface area contributed by atoms with E-state index < -0.39 is 0 Å². The zero-order valence-electron chi connectivity index (χ0n) is 9.06. The second kappa shape index (κ2) is 6.79. The number of halogens is 1. The van der Waals surface area contributed by atoms with Gasteiger partial charge in [-0.15, -0.1) is 0 Å². The molecule has 1 aromatic rings. The molecule has 0 aliphatic heterocycles. The number of hydrogen-bond donors (Lipinski definition) is 1. The van der Waals surface area contributed by atoms with E-state index in [4.69, 9.17) is 0 Å². The van der Waals surface area contributed by atoms with Gasteiger partial charge in [-0.1, -0.05) is 28.1 Å². The van der Waals surface area contributed by atoms with Gasteiger partial charge in [0.15, 0.2) is 0 Å². The summed E-state index contributed by atoms with van der Waals surface area (Å²) in [4.78, 5) is 10.9. The van der Waals surface area contributed by atoms with Gasteiger partial charge in [-0.25, -0.2) is 5.06 Å². The zero-order chi connectivity index (χ0) is 11.7. The molecule has 1 N–H and O–H groups in total. The van der Waals surface area contributed by atoms with Crippen LogP contribution in [0.3, 0.4) is 0 Å². The van der Waals surface area contributed by atoms with Gasteiger partial charge in [-0.3, -0.25) is 10.0 Å². The van der Waals surface area contributed by atoms with Crippen LogP contribution in [0.5, 0.6) is 0 Å². The van der Waals surface area contributed by atoms with Crippen molar-refractivity contribution >= 4 is 73.2 Å². The first-order valence-electron chi connectivity index (χ1n) is 5.30. The minimum atomic E-state index is -0.290. The third-order valence-corrected chi connectivity index (χ3v) is 3.52. The maximum atomic E-state index is 10.9. The van der Waals surface area contributed by atoms with Crippen molar-refractivity contribution in [3.63, 3.8) is 0 Å². The summed E-state index contributed by atoms with van der Waals surface area (Å²) in [6, 6.07) is 8.22. The molecule has 0 radical (unpaired) electrons. The van der Waals surface area contributed by atoms with Gasteiger partial charge < -0.3 is 0 Å². The molecule has 0 aromatic heterocycles. The van der Waals surface area contributed by atoms with E-state index in [2.05, 4.69) is 28.1 Å². The number of carbonyl (C=O) groups is 1. The van der Waals surface area contributed by atoms with E-state index in [1.807, 2.05) is 12.1 Å². The Hall–Kier alpha value is 0.766. The van der Waals surface area contributed by atoms with Gasteiger partial charge >= 0.3 is 51.4 Å². The molecule has 0 heterocycles. The average molecular weight is 324 g/mol. The van der Waals surface area contributed by atoms with Gasteiger partial charge in [0.05, 0.1) is 6.54 Å². The van der Waals surface area contributed by atoms with Gasteiger partial charge in [0.2, 0.25) is 5.91 Å². The van der Waals surface area contributed by atoms with Crippen LogP contribution in [0.4, 0.5) is 0 Å². The molecular formula is C12H15BrKNO2. The topological polar surface area (TPSA) is 40.5 Å². The van der Waals surface area contributed by atoms with Crippen LogP contribution in [0.25, 0.3) is 0 Å². The van der Waals surface area contributed by atoms with Crippen molar-refractivity contribution in [3.8, 4) is 0 Å². The zero-order valence-corrected chi connectivity index (χ0v) is 10.6. The van der Waals surface area contributed by atoms with E-state index in [-0.39, 0.29) is 57.3 Å². The minimum absolute atomic E-state index is 0. The number of rotatable bonds is 3. The van der Waals surface area contributed by atoms with E-state index in [9.17, 15) is 10.0 Å². The van der Waals surface area contributed by atoms with Gasteiger partial charge in [0.25, 0.3) is 0 Å². The van der Waals surface area contributed by atoms with E-state index >= 15 is 0 Å². The fourth-order valence-electron chi connectivity index (χ4n) is 1.92. The predicted octanol–water partition coefficient (Wildman–Crippen LogP) is 2.14. The summed E-state index contributed by atoms with van der Waals surface area (Å²) in [5.74, 6) is 0.596. The molecular weight excluding hydrogens is 309 g/mol. The van der Waals surface area contributed by atoms with Crippen molar-refractivity contribution < 1.29 is 10.0 Å². The van der Waals surface area contributed by atoms with E-state index in [1.165, 1.54) is 12.5 Å². The van der Waals surface area contributed by atoms with Gasteiger partial charge in [0.1, 0.15) is 0 Å². The van der Waals surface area contributed by atoms with Crippen LogP contribution in [0.15, 0.2) is 28.7 Å². The van der Waals surface area contributed by atoms with Gasteiger partial charge in [0, 0.05) is 11.4 Å². The predicted molar refractivity (Wildman–Crippen MR) is 71.3 cm³/mol. The molecule has 1 amide bonds. The van der Waals surface area contributed by atoms with Crippen LogP contribution in [0.1, 0.15) is 24.8 Å². The third kappa shape index (κ3) is 4.42. The summed E-state index contributed by atoms with van der Waals surface area (Å²) in [5.41, 5.74) is 1.28. The Balaban J connectivity index is 0.00000144. The van der Waals surface area contributed by atoms with Crippen molar-refractivity contribution in [1.82, 2.24) is 5.06 Å². The number of carbonyl (C=O) groups excluding carboxylic acids is 1. The second-order valence-electron chi connectivity index (χ2n) is 4.25. The summed E-state index contributed by atoms with van der Waals surface area (Å²) >= 11 is 3.40. The summed E-state index contributed by atoms with van der Waals surface area (Å²) in [6.45, 7) is 1.81. The van der Waals surface area contributed by atoms with Crippen LogP contribution < -0.4 is 0 Å². The van der Waals surface area contributed by atoms with Crippen molar-refractivity contribution in [3.05, 3.63) is 34.3 Å². The molecule has 88 valence electrons. The SMILES string of the molecule is CC(=O)N(O)C[C@@H]1C[C@H]1c1ccc(Br)cc1.[KH]. The van der Waals surface area contributed by atoms with Crippen molar-refractivity contribution in [2.75, 3.05) is 6.54 Å². The van der Waals surface area contributed by atoms with Crippen molar-refractivity contribution in [1.29, 1.82) is 0 Å². The second-order valence-corrected chi connectivity index (χ2v) is 5.17. The Morgan fingerprint density at radius 1 is 1.47 bits per heavy atom. The van der Waals surface area contributed by atoms with Crippen LogP contribution in [-0.2, 0) is 4.79 Å². The van der Waals surface area contributed by atoms with Crippen LogP contribution in [0.2, 0.25) is 0 Å². The molecule has 2 atom stereocenters. The number of nitrogens with zero attached hydrogens (tertiary/aromatic N) is 1. The maximum absolute atomic E-state index is 10.9. The molecule has 1 fully saturated rings. The molecule has 1 aliphatic carbocycles. The molecule has 0 saturated heterocycles. The average Bonchev–Trinajstić information content (AvgIpc) is 2.98. The Labute approximate surface area is 152 Å². The molecule has 0 unspecified atom stereocenters. The molecule has 0 bridgehead atoms. The molecule has 5 heteroatoms. The first-order valence-corrected chi connectivity index (χ1v) is 6.09. The van der Waals surface area contributed by atoms with Crippen molar-refractivity contribution in [2.45, 2.75) is 19.3 Å². The first-order chi connectivity index (χ1) is 7.58. The number of amides is 1. The summed E-state index contributed by atoms with van der Waals surface area (Å²) in [7, 11) is 0. The number of hydrogen-bond acceptors (Lipinski definition) is 2. The molecule has 1 aliphatic rings. The number of hydroxylamine groups is 2. The van der Waals surface area contributed by atoms with E-state index in [1.54, 1.807) is 0 Å². The molecule has 17 heavy (non-hydrogen) atoms. The fourth-order valence-corrected chi connectivity index (χ4v) is 2.18. The molecule has 2 rings (SSSR count). The van der Waals surface area contributed by atoms with Gasteiger partial charge in [-0.2, -0.15) is 0 Å². The molecule has 0 spiro atoms. The molecule has 1 aromatic carbocycles. The Kier molecular flexibility index (Phi) is 6.32. The quantitative estimate of drug-likeness (QED) is 0.526. The first kappa shape index (κ1) is 15.8. The Bertz CT molecular complexity index is 396. The third-order valence-electron chi connectivity index (χ3n) is 2.99. The van der Waals surface area contributed by atoms with E-state index in [0.29, 0.717) is 18.4 Å². The van der Waals surface area contributed by atoms with E-state index in [0.717, 1.165) is 16.0 Å². The summed E-state index contributed by atoms with van der Waals surface area (Å²) < 4.78 is 1.07. The number of benzene rings is 1. The van der Waals surface area contributed by atoms with Crippen LogP contribution in [0, 0.1) is 5.92 Å². The molecule has 1 saturated carbocycles. The monoisotopic (exact) mass is 323 g/mol. The summed E-state index contributed by atoms with van der Waals surface area (Å²) in [6.07, 6.45) is 1.05.